The second-order valence-electron chi connectivity index (χ2n) is 8.67. The highest BCUT2D eigenvalue weighted by atomic mass is 32.2. The maximum absolute atomic E-state index is 15.0. The van der Waals surface area contributed by atoms with Gasteiger partial charge in [-0.15, -0.1) is 10.2 Å². The van der Waals surface area contributed by atoms with Crippen molar-refractivity contribution in [3.8, 4) is 11.5 Å². The molecule has 2 aromatic carbocycles. The lowest BCUT2D eigenvalue weighted by atomic mass is 10.1. The second kappa shape index (κ2) is 9.21. The Morgan fingerprint density at radius 1 is 1.08 bits per heavy atom. The average molecular weight is 522 g/mol. The summed E-state index contributed by atoms with van der Waals surface area (Å²) in [6, 6.07) is 11.0. The van der Waals surface area contributed by atoms with E-state index in [9.17, 15) is 22.0 Å². The van der Waals surface area contributed by atoms with E-state index in [1.165, 1.54) is 27.3 Å². The van der Waals surface area contributed by atoms with E-state index >= 15 is 4.39 Å². The predicted molar refractivity (Wildman–Crippen MR) is 125 cm³/mol. The van der Waals surface area contributed by atoms with Crippen molar-refractivity contribution < 1.29 is 26.0 Å². The summed E-state index contributed by atoms with van der Waals surface area (Å²) in [7, 11) is -3.30. The van der Waals surface area contributed by atoms with Crippen LogP contribution in [0.5, 0.6) is 0 Å². The third-order valence-electron chi connectivity index (χ3n) is 6.38. The van der Waals surface area contributed by atoms with Crippen molar-refractivity contribution in [2.24, 2.45) is 0 Å². The molecule has 0 aliphatic carbocycles. The van der Waals surface area contributed by atoms with E-state index < -0.39 is 28.2 Å². The summed E-state index contributed by atoms with van der Waals surface area (Å²) in [4.78, 5) is 13.5. The number of halogens is 3. The van der Waals surface area contributed by atoms with Crippen LogP contribution in [0.4, 0.5) is 13.2 Å². The smallest absolute Gasteiger partial charge is 0.329 e. The largest absolute Gasteiger partial charge is 0.415 e. The molecule has 2 aromatic heterocycles. The molecule has 5 rings (SSSR count). The molecule has 0 atom stereocenters. The maximum atomic E-state index is 15.0. The van der Waals surface area contributed by atoms with Crippen LogP contribution in [0.25, 0.3) is 22.5 Å². The average Bonchev–Trinajstić information content (AvgIpc) is 3.44. The first-order valence-electron chi connectivity index (χ1n) is 11.2. The minimum Gasteiger partial charge on any atom is -0.415 e. The molecule has 0 bridgehead atoms. The fourth-order valence-corrected chi connectivity index (χ4v) is 5.46. The minimum atomic E-state index is -3.30. The van der Waals surface area contributed by atoms with E-state index in [1.54, 1.807) is 16.7 Å². The highest BCUT2D eigenvalue weighted by Gasteiger charge is 2.29. The number of sulfonamides is 1. The van der Waals surface area contributed by atoms with E-state index in [1.807, 2.05) is 12.1 Å². The molecule has 1 aliphatic heterocycles. The Morgan fingerprint density at radius 3 is 2.39 bits per heavy atom. The van der Waals surface area contributed by atoms with Gasteiger partial charge in [-0.05, 0) is 37.1 Å². The number of rotatable bonds is 6. The van der Waals surface area contributed by atoms with Crippen LogP contribution in [0.3, 0.4) is 0 Å². The number of piperidine rings is 1. The van der Waals surface area contributed by atoms with Crippen molar-refractivity contribution >= 4 is 21.1 Å². The van der Waals surface area contributed by atoms with Gasteiger partial charge in [0.1, 0.15) is 5.82 Å². The summed E-state index contributed by atoms with van der Waals surface area (Å²) in [5.74, 6) is -1.74. The number of aromatic nitrogens is 4. The molecular weight excluding hydrogens is 499 g/mol. The minimum absolute atomic E-state index is 0.0627. The molecule has 1 fully saturated rings. The Kier molecular flexibility index (Phi) is 6.20. The number of hydrogen-bond donors (Lipinski definition) is 0. The van der Waals surface area contributed by atoms with Gasteiger partial charge in [0.15, 0.2) is 0 Å². The Balaban J connectivity index is 1.46. The van der Waals surface area contributed by atoms with Crippen molar-refractivity contribution in [3.63, 3.8) is 0 Å². The van der Waals surface area contributed by atoms with Crippen molar-refractivity contribution in [2.45, 2.75) is 31.9 Å². The zero-order valence-corrected chi connectivity index (χ0v) is 20.0. The zero-order valence-electron chi connectivity index (χ0n) is 19.1. The van der Waals surface area contributed by atoms with Crippen LogP contribution in [0, 0.1) is 5.82 Å². The summed E-state index contributed by atoms with van der Waals surface area (Å²) in [5.41, 5.74) is 1.33. The van der Waals surface area contributed by atoms with Crippen molar-refractivity contribution in [3.05, 3.63) is 70.2 Å². The first kappa shape index (κ1) is 24.3. The van der Waals surface area contributed by atoms with Crippen molar-refractivity contribution in [1.82, 2.24) is 23.6 Å². The van der Waals surface area contributed by atoms with Crippen LogP contribution >= 0.6 is 0 Å². The Labute approximate surface area is 203 Å². The summed E-state index contributed by atoms with van der Waals surface area (Å²) in [5, 5.41) is 6.78. The molecule has 0 N–H and O–H groups in total. The Hall–Kier alpha value is -3.45. The zero-order chi connectivity index (χ0) is 25.6. The molecule has 36 heavy (non-hydrogen) atoms. The van der Waals surface area contributed by atoms with Crippen LogP contribution in [-0.2, 0) is 16.6 Å². The molecule has 190 valence electrons. The van der Waals surface area contributed by atoms with Gasteiger partial charge in [0, 0.05) is 30.3 Å². The third-order valence-corrected chi connectivity index (χ3v) is 7.69. The molecule has 1 aliphatic rings. The van der Waals surface area contributed by atoms with Gasteiger partial charge in [-0.3, -0.25) is 9.13 Å². The summed E-state index contributed by atoms with van der Waals surface area (Å²) >= 11 is 0. The number of imidazole rings is 1. The molecule has 0 saturated carbocycles. The highest BCUT2D eigenvalue weighted by molar-refractivity contribution is 7.88. The fourth-order valence-electron chi connectivity index (χ4n) is 4.59. The molecule has 3 heterocycles. The van der Waals surface area contributed by atoms with Gasteiger partial charge in [-0.1, -0.05) is 18.2 Å². The van der Waals surface area contributed by atoms with E-state index in [-0.39, 0.29) is 35.3 Å². The lowest BCUT2D eigenvalue weighted by Crippen LogP contribution is -2.40. The quantitative estimate of drug-likeness (QED) is 0.384. The summed E-state index contributed by atoms with van der Waals surface area (Å²) < 4.78 is 73.6. The molecule has 1 saturated heterocycles. The van der Waals surface area contributed by atoms with Gasteiger partial charge in [0.2, 0.25) is 15.9 Å². The van der Waals surface area contributed by atoms with Crippen LogP contribution < -0.4 is 5.69 Å². The lowest BCUT2D eigenvalue weighted by molar-refractivity contribution is 0.116. The summed E-state index contributed by atoms with van der Waals surface area (Å²) in [6.07, 6.45) is -0.802. The third kappa shape index (κ3) is 4.44. The van der Waals surface area contributed by atoms with Crippen LogP contribution in [0.15, 0.2) is 51.7 Å². The highest BCUT2D eigenvalue weighted by Crippen LogP contribution is 2.28. The number of alkyl halides is 2. The topological polar surface area (TPSA) is 103 Å². The van der Waals surface area contributed by atoms with E-state index in [0.29, 0.717) is 37.0 Å². The molecular formula is C23H22F3N5O4S. The number of benzene rings is 2. The van der Waals surface area contributed by atoms with Gasteiger partial charge in [0.05, 0.1) is 23.8 Å². The monoisotopic (exact) mass is 521 g/mol. The Morgan fingerprint density at radius 2 is 1.78 bits per heavy atom. The van der Waals surface area contributed by atoms with E-state index in [2.05, 4.69) is 10.2 Å². The van der Waals surface area contributed by atoms with Gasteiger partial charge in [0.25, 0.3) is 5.89 Å². The molecule has 0 radical (unpaired) electrons. The molecule has 4 aromatic rings. The summed E-state index contributed by atoms with van der Waals surface area (Å²) in [6.45, 7) is 0.565. The van der Waals surface area contributed by atoms with Gasteiger partial charge < -0.3 is 4.42 Å². The van der Waals surface area contributed by atoms with Crippen molar-refractivity contribution in [2.75, 3.05) is 19.3 Å². The van der Waals surface area contributed by atoms with Crippen LogP contribution in [0.2, 0.25) is 0 Å². The predicted octanol–water partition coefficient (Wildman–Crippen LogP) is 3.57. The SMILES string of the molecule is CS(=O)(=O)N1CCC(n2c(=O)n(Cc3ccc(-c4nnc(C(F)F)o4)cc3F)c3ccccc32)CC1. The first-order valence-corrected chi connectivity index (χ1v) is 13.0. The number of nitrogens with zero attached hydrogens (tertiary/aromatic N) is 5. The number of fused-ring (bicyclic) bond motifs is 1. The molecule has 0 amide bonds. The molecule has 13 heteroatoms. The van der Waals surface area contributed by atoms with Crippen LogP contribution in [0.1, 0.15) is 36.8 Å². The Bertz CT molecular complexity index is 1590. The fraction of sp³-hybridized carbons (Fsp3) is 0.348. The van der Waals surface area contributed by atoms with E-state index in [4.69, 9.17) is 4.42 Å². The van der Waals surface area contributed by atoms with Crippen LogP contribution in [-0.4, -0.2) is 51.4 Å². The maximum Gasteiger partial charge on any atom is 0.329 e. The standard InChI is InChI=1S/C23H22F3N5O4S/c1-36(33,34)29-10-8-16(9-11-29)31-19-5-3-2-4-18(19)30(23(31)32)13-15-7-6-14(12-17(15)24)21-27-28-22(35-21)20(25)26/h2-7,12,16,20H,8-11,13H2,1H3. The molecule has 0 spiro atoms. The molecule has 0 unspecified atom stereocenters. The second-order valence-corrected chi connectivity index (χ2v) is 10.7. The van der Waals surface area contributed by atoms with E-state index in [0.717, 1.165) is 6.07 Å². The number of hydrogen-bond acceptors (Lipinski definition) is 6. The number of para-hydroxylation sites is 2. The lowest BCUT2D eigenvalue weighted by Gasteiger charge is -2.30. The first-order chi connectivity index (χ1) is 17.1. The normalized spacial score (nSPS) is 15.8. The van der Waals surface area contributed by atoms with Gasteiger partial charge in [-0.25, -0.2) is 21.9 Å². The van der Waals surface area contributed by atoms with Crippen molar-refractivity contribution in [1.29, 1.82) is 0 Å². The van der Waals surface area contributed by atoms with Gasteiger partial charge in [-0.2, -0.15) is 8.78 Å². The van der Waals surface area contributed by atoms with Gasteiger partial charge >= 0.3 is 12.1 Å². The molecule has 9 nitrogen and oxygen atoms in total.